The first-order valence-corrected chi connectivity index (χ1v) is 10.0. The van der Waals surface area contributed by atoms with Gasteiger partial charge in [0.2, 0.25) is 0 Å². The Labute approximate surface area is 177 Å². The van der Waals surface area contributed by atoms with Crippen molar-refractivity contribution in [1.82, 2.24) is 9.78 Å². The number of aromatic nitrogens is 2. The fourth-order valence-electron chi connectivity index (χ4n) is 3.43. The number of benzene rings is 3. The van der Waals surface area contributed by atoms with Crippen molar-refractivity contribution >= 4 is 11.9 Å². The van der Waals surface area contributed by atoms with Gasteiger partial charge in [0.15, 0.2) is 0 Å². The number of rotatable bonds is 6. The highest BCUT2D eigenvalue weighted by Gasteiger charge is 2.10. The van der Waals surface area contributed by atoms with Gasteiger partial charge in [-0.05, 0) is 19.4 Å². The number of nitrogens with zero attached hydrogens (tertiary/aromatic N) is 4. The molecule has 1 heterocycles. The molecule has 0 amide bonds. The van der Waals surface area contributed by atoms with E-state index in [1.807, 2.05) is 72.4 Å². The molecule has 0 unspecified atom stereocenters. The van der Waals surface area contributed by atoms with Crippen molar-refractivity contribution in [2.75, 3.05) is 0 Å². The van der Waals surface area contributed by atoms with Crippen LogP contribution in [0.2, 0.25) is 0 Å². The topological polar surface area (TPSA) is 42.5 Å². The van der Waals surface area contributed by atoms with Crippen molar-refractivity contribution in [1.29, 1.82) is 0 Å². The lowest BCUT2D eigenvalue weighted by atomic mass is 10.0. The van der Waals surface area contributed by atoms with Gasteiger partial charge in [-0.3, -0.25) is 4.68 Å². The Hall–Kier alpha value is -3.79. The van der Waals surface area contributed by atoms with Crippen LogP contribution in [0, 0.1) is 13.8 Å². The molecule has 3 aromatic carbocycles. The molecular formula is C26H24N4. The molecular weight excluding hydrogens is 368 g/mol. The van der Waals surface area contributed by atoms with Gasteiger partial charge < -0.3 is 0 Å². The Morgan fingerprint density at radius 1 is 0.800 bits per heavy atom. The van der Waals surface area contributed by atoms with E-state index >= 15 is 0 Å². The number of hydrogen-bond donors (Lipinski definition) is 0. The average molecular weight is 393 g/mol. The summed E-state index contributed by atoms with van der Waals surface area (Å²) in [6, 6.07) is 30.6. The maximum atomic E-state index is 4.70. The van der Waals surface area contributed by atoms with Crippen LogP contribution in [0.25, 0.3) is 0 Å². The Kier molecular flexibility index (Phi) is 5.95. The SMILES string of the molecule is Cc1nn(Cc2ccccc2)c(C)c1/C=N\N=C(c1ccccc1)c1ccccc1. The van der Waals surface area contributed by atoms with Crippen LogP contribution in [0.3, 0.4) is 0 Å². The van der Waals surface area contributed by atoms with E-state index in [1.165, 1.54) is 5.56 Å². The third-order valence-electron chi connectivity index (χ3n) is 5.05. The highest BCUT2D eigenvalue weighted by Crippen LogP contribution is 2.14. The fourth-order valence-corrected chi connectivity index (χ4v) is 3.43. The minimum absolute atomic E-state index is 0.740. The molecule has 0 spiro atoms. The maximum Gasteiger partial charge on any atom is 0.100 e. The Balaban J connectivity index is 1.64. The lowest BCUT2D eigenvalue weighted by molar-refractivity contribution is 0.659. The molecule has 0 aliphatic heterocycles. The molecule has 0 aliphatic carbocycles. The van der Waals surface area contributed by atoms with E-state index < -0.39 is 0 Å². The van der Waals surface area contributed by atoms with Crippen LogP contribution in [0.4, 0.5) is 0 Å². The Bertz CT molecular complexity index is 1120. The minimum Gasteiger partial charge on any atom is -0.265 e. The van der Waals surface area contributed by atoms with Gasteiger partial charge in [0.25, 0.3) is 0 Å². The predicted molar refractivity (Wildman–Crippen MR) is 123 cm³/mol. The second-order valence-corrected chi connectivity index (χ2v) is 7.15. The largest absolute Gasteiger partial charge is 0.265 e. The molecule has 0 aliphatic rings. The quantitative estimate of drug-likeness (QED) is 0.319. The van der Waals surface area contributed by atoms with E-state index in [9.17, 15) is 0 Å². The Morgan fingerprint density at radius 3 is 1.90 bits per heavy atom. The van der Waals surface area contributed by atoms with Crippen molar-refractivity contribution < 1.29 is 0 Å². The first kappa shape index (κ1) is 19.5. The van der Waals surface area contributed by atoms with E-state index in [-0.39, 0.29) is 0 Å². The predicted octanol–water partition coefficient (Wildman–Crippen LogP) is 5.42. The first-order valence-electron chi connectivity index (χ1n) is 10.0. The van der Waals surface area contributed by atoms with Gasteiger partial charge in [-0.15, -0.1) is 5.10 Å². The summed E-state index contributed by atoms with van der Waals surface area (Å²) >= 11 is 0. The molecule has 4 heteroatoms. The molecule has 0 fully saturated rings. The molecule has 0 radical (unpaired) electrons. The zero-order valence-electron chi connectivity index (χ0n) is 17.2. The molecule has 4 nitrogen and oxygen atoms in total. The van der Waals surface area contributed by atoms with Crippen LogP contribution in [0.15, 0.2) is 101 Å². The molecule has 0 saturated carbocycles. The normalized spacial score (nSPS) is 11.0. The van der Waals surface area contributed by atoms with E-state index in [4.69, 9.17) is 5.10 Å². The molecule has 148 valence electrons. The smallest absolute Gasteiger partial charge is 0.100 e. The van der Waals surface area contributed by atoms with Crippen LogP contribution in [0.1, 0.15) is 33.6 Å². The summed E-state index contributed by atoms with van der Waals surface area (Å²) in [4.78, 5) is 0. The Morgan fingerprint density at radius 2 is 1.33 bits per heavy atom. The summed E-state index contributed by atoms with van der Waals surface area (Å²) in [5.41, 5.74) is 7.18. The van der Waals surface area contributed by atoms with Crippen molar-refractivity contribution in [2.24, 2.45) is 10.2 Å². The summed E-state index contributed by atoms with van der Waals surface area (Å²) < 4.78 is 2.02. The van der Waals surface area contributed by atoms with Crippen molar-refractivity contribution in [3.05, 3.63) is 125 Å². The van der Waals surface area contributed by atoms with Gasteiger partial charge in [-0.2, -0.15) is 10.2 Å². The zero-order valence-corrected chi connectivity index (χ0v) is 17.2. The maximum absolute atomic E-state index is 4.70. The third kappa shape index (κ3) is 4.44. The van der Waals surface area contributed by atoms with Gasteiger partial charge in [0, 0.05) is 22.4 Å². The van der Waals surface area contributed by atoms with Crippen molar-refractivity contribution in [3.8, 4) is 0 Å². The van der Waals surface area contributed by atoms with Gasteiger partial charge in [-0.1, -0.05) is 91.0 Å². The highest BCUT2D eigenvalue weighted by molar-refractivity contribution is 6.12. The monoisotopic (exact) mass is 392 g/mol. The molecule has 0 saturated heterocycles. The molecule has 30 heavy (non-hydrogen) atoms. The van der Waals surface area contributed by atoms with E-state index in [2.05, 4.69) is 53.5 Å². The van der Waals surface area contributed by atoms with Crippen LogP contribution in [0.5, 0.6) is 0 Å². The van der Waals surface area contributed by atoms with E-state index in [0.717, 1.165) is 40.3 Å². The van der Waals surface area contributed by atoms with Gasteiger partial charge in [0.1, 0.15) is 5.71 Å². The number of aryl methyl sites for hydroxylation is 1. The molecule has 0 bridgehead atoms. The lowest BCUT2D eigenvalue weighted by Gasteiger charge is -2.05. The molecule has 4 aromatic rings. The van der Waals surface area contributed by atoms with E-state index in [1.54, 1.807) is 0 Å². The van der Waals surface area contributed by atoms with Crippen LogP contribution in [-0.4, -0.2) is 21.7 Å². The van der Waals surface area contributed by atoms with Crippen molar-refractivity contribution in [2.45, 2.75) is 20.4 Å². The summed E-state index contributed by atoms with van der Waals surface area (Å²) in [5, 5.41) is 13.7. The number of hydrogen-bond acceptors (Lipinski definition) is 3. The third-order valence-corrected chi connectivity index (χ3v) is 5.05. The summed E-state index contributed by atoms with van der Waals surface area (Å²) in [6.07, 6.45) is 1.81. The molecule has 0 atom stereocenters. The average Bonchev–Trinajstić information content (AvgIpc) is 3.06. The molecule has 1 aromatic heterocycles. The van der Waals surface area contributed by atoms with Crippen molar-refractivity contribution in [3.63, 3.8) is 0 Å². The molecule has 0 N–H and O–H groups in total. The fraction of sp³-hybridized carbons (Fsp3) is 0.115. The first-order chi connectivity index (χ1) is 14.7. The second-order valence-electron chi connectivity index (χ2n) is 7.15. The van der Waals surface area contributed by atoms with Crippen LogP contribution in [-0.2, 0) is 6.54 Å². The van der Waals surface area contributed by atoms with Crippen LogP contribution < -0.4 is 0 Å². The van der Waals surface area contributed by atoms with E-state index in [0.29, 0.717) is 0 Å². The standard InChI is InChI=1S/C26H24N4/c1-20-25(21(2)30(29-20)19-22-12-6-3-7-13-22)18-27-28-26(23-14-8-4-9-15-23)24-16-10-5-11-17-24/h3-18H,19H2,1-2H3/b27-18-. The minimum atomic E-state index is 0.740. The highest BCUT2D eigenvalue weighted by atomic mass is 15.3. The molecule has 4 rings (SSSR count). The summed E-state index contributed by atoms with van der Waals surface area (Å²) in [6.45, 7) is 4.82. The van der Waals surface area contributed by atoms with Gasteiger partial charge >= 0.3 is 0 Å². The lowest BCUT2D eigenvalue weighted by Crippen LogP contribution is -2.04. The summed E-state index contributed by atoms with van der Waals surface area (Å²) in [5.74, 6) is 0. The van der Waals surface area contributed by atoms with Gasteiger partial charge in [-0.25, -0.2) is 0 Å². The van der Waals surface area contributed by atoms with Crippen LogP contribution >= 0.6 is 0 Å². The zero-order chi connectivity index (χ0) is 20.8. The second kappa shape index (κ2) is 9.14. The van der Waals surface area contributed by atoms with Gasteiger partial charge in [0.05, 0.1) is 18.5 Å². The summed E-state index contributed by atoms with van der Waals surface area (Å²) in [7, 11) is 0.